The molecule has 2 atom stereocenters. The third-order valence-corrected chi connectivity index (χ3v) is 3.10. The molecule has 1 rings (SSSR count). The van der Waals surface area contributed by atoms with E-state index in [4.69, 9.17) is 4.74 Å². The first-order valence-corrected chi connectivity index (χ1v) is 6.05. The van der Waals surface area contributed by atoms with Crippen LogP contribution in [-0.4, -0.2) is 49.7 Å². The maximum atomic E-state index is 11.9. The predicted molar refractivity (Wildman–Crippen MR) is 62.4 cm³/mol. The highest BCUT2D eigenvalue weighted by atomic mass is 16.6. The van der Waals surface area contributed by atoms with Crippen molar-refractivity contribution in [3.8, 4) is 0 Å². The maximum absolute atomic E-state index is 11.9. The smallest absolute Gasteiger partial charge is 0.336 e. The van der Waals surface area contributed by atoms with E-state index in [2.05, 4.69) is 18.6 Å². The molecule has 0 aromatic carbocycles. The molecule has 1 saturated heterocycles. The quantitative estimate of drug-likeness (QED) is 0.686. The van der Waals surface area contributed by atoms with Gasteiger partial charge in [-0.2, -0.15) is 0 Å². The molecule has 5 nitrogen and oxygen atoms in total. The summed E-state index contributed by atoms with van der Waals surface area (Å²) in [6, 6.07) is 0. The van der Waals surface area contributed by atoms with E-state index in [9.17, 15) is 9.59 Å². The Morgan fingerprint density at radius 1 is 1.53 bits per heavy atom. The average Bonchev–Trinajstić information content (AvgIpc) is 2.37. The topological polar surface area (TPSA) is 55.8 Å². The molecule has 1 heterocycles. The number of ether oxygens (including phenoxy) is 2. The van der Waals surface area contributed by atoms with Gasteiger partial charge in [0.1, 0.15) is 0 Å². The van der Waals surface area contributed by atoms with Crippen molar-refractivity contribution in [1.82, 2.24) is 4.90 Å². The second kappa shape index (κ2) is 6.59. The van der Waals surface area contributed by atoms with E-state index < -0.39 is 12.1 Å². The first-order chi connectivity index (χ1) is 8.08. The predicted octanol–water partition coefficient (Wildman–Crippen LogP) is 0.823. The summed E-state index contributed by atoms with van der Waals surface area (Å²) >= 11 is 0. The Morgan fingerprint density at radius 2 is 2.24 bits per heavy atom. The van der Waals surface area contributed by atoms with Crippen molar-refractivity contribution in [3.63, 3.8) is 0 Å². The van der Waals surface area contributed by atoms with Crippen LogP contribution in [0.25, 0.3) is 0 Å². The van der Waals surface area contributed by atoms with E-state index in [-0.39, 0.29) is 5.91 Å². The first-order valence-electron chi connectivity index (χ1n) is 6.05. The van der Waals surface area contributed by atoms with Crippen LogP contribution in [0.5, 0.6) is 0 Å². The summed E-state index contributed by atoms with van der Waals surface area (Å²) in [5.41, 5.74) is 0. The zero-order valence-electron chi connectivity index (χ0n) is 10.8. The lowest BCUT2D eigenvalue weighted by Gasteiger charge is -2.32. The number of carbonyl (C=O) groups excluding carboxylic acids is 2. The van der Waals surface area contributed by atoms with Crippen LogP contribution >= 0.6 is 0 Å². The molecule has 0 saturated carbocycles. The number of carbonyl (C=O) groups is 2. The van der Waals surface area contributed by atoms with Gasteiger partial charge in [0.15, 0.2) is 6.10 Å². The van der Waals surface area contributed by atoms with Gasteiger partial charge < -0.3 is 14.4 Å². The number of nitrogens with zero attached hydrogens (tertiary/aromatic N) is 1. The molecule has 5 heteroatoms. The molecule has 0 aliphatic carbocycles. The monoisotopic (exact) mass is 243 g/mol. The van der Waals surface area contributed by atoms with Gasteiger partial charge in [-0.25, -0.2) is 4.79 Å². The SMILES string of the molecule is CCC(C)CC(=O)N1CCOC(C(=O)OC)C1. The molecule has 1 aliphatic heterocycles. The summed E-state index contributed by atoms with van der Waals surface area (Å²) in [5.74, 6) is 0.0597. The normalized spacial score (nSPS) is 22.1. The van der Waals surface area contributed by atoms with E-state index >= 15 is 0 Å². The van der Waals surface area contributed by atoms with Gasteiger partial charge in [-0.3, -0.25) is 4.79 Å². The maximum Gasteiger partial charge on any atom is 0.336 e. The third-order valence-electron chi connectivity index (χ3n) is 3.10. The van der Waals surface area contributed by atoms with Crippen molar-refractivity contribution in [3.05, 3.63) is 0 Å². The minimum Gasteiger partial charge on any atom is -0.467 e. The summed E-state index contributed by atoms with van der Waals surface area (Å²) in [6.07, 6.45) is 0.885. The average molecular weight is 243 g/mol. The molecule has 0 bridgehead atoms. The van der Waals surface area contributed by atoms with E-state index in [1.165, 1.54) is 7.11 Å². The van der Waals surface area contributed by atoms with Gasteiger partial charge in [0.05, 0.1) is 20.3 Å². The fraction of sp³-hybridized carbons (Fsp3) is 0.833. The van der Waals surface area contributed by atoms with Gasteiger partial charge in [0.25, 0.3) is 0 Å². The van der Waals surface area contributed by atoms with E-state index in [0.717, 1.165) is 6.42 Å². The Bertz CT molecular complexity index is 280. The van der Waals surface area contributed by atoms with Crippen molar-refractivity contribution in [1.29, 1.82) is 0 Å². The highest BCUT2D eigenvalue weighted by Gasteiger charge is 2.29. The number of hydrogen-bond acceptors (Lipinski definition) is 4. The number of methoxy groups -OCH3 is 1. The summed E-state index contributed by atoms with van der Waals surface area (Å²) in [6.45, 7) is 5.38. The molecular weight excluding hydrogens is 222 g/mol. The molecule has 0 N–H and O–H groups in total. The second-order valence-corrected chi connectivity index (χ2v) is 4.44. The van der Waals surface area contributed by atoms with Gasteiger partial charge in [0.2, 0.25) is 5.91 Å². The van der Waals surface area contributed by atoms with E-state index in [1.54, 1.807) is 4.90 Å². The Morgan fingerprint density at radius 3 is 2.82 bits per heavy atom. The number of amides is 1. The summed E-state index contributed by atoms with van der Waals surface area (Å²) < 4.78 is 9.89. The summed E-state index contributed by atoms with van der Waals surface area (Å²) in [5, 5.41) is 0. The van der Waals surface area contributed by atoms with E-state index in [1.807, 2.05) is 0 Å². The molecule has 0 radical (unpaired) electrons. The van der Waals surface area contributed by atoms with Crippen LogP contribution in [0.3, 0.4) is 0 Å². The van der Waals surface area contributed by atoms with Gasteiger partial charge in [-0.1, -0.05) is 20.3 Å². The Kier molecular flexibility index (Phi) is 5.41. The highest BCUT2D eigenvalue weighted by molar-refractivity contribution is 5.79. The highest BCUT2D eigenvalue weighted by Crippen LogP contribution is 2.13. The molecular formula is C12H21NO4. The van der Waals surface area contributed by atoms with Gasteiger partial charge in [0, 0.05) is 13.0 Å². The number of hydrogen-bond donors (Lipinski definition) is 0. The Hall–Kier alpha value is -1.10. The largest absolute Gasteiger partial charge is 0.467 e. The van der Waals surface area contributed by atoms with Crippen LogP contribution in [0.15, 0.2) is 0 Å². The van der Waals surface area contributed by atoms with Gasteiger partial charge >= 0.3 is 5.97 Å². The lowest BCUT2D eigenvalue weighted by Crippen LogP contribution is -2.49. The zero-order chi connectivity index (χ0) is 12.8. The van der Waals surface area contributed by atoms with Crippen LogP contribution in [0.2, 0.25) is 0 Å². The molecule has 2 unspecified atom stereocenters. The molecule has 98 valence electrons. The standard InChI is InChI=1S/C12H21NO4/c1-4-9(2)7-11(14)13-5-6-17-10(8-13)12(15)16-3/h9-10H,4-8H2,1-3H3. The molecule has 1 aliphatic rings. The van der Waals surface area contributed by atoms with Crippen LogP contribution in [0.4, 0.5) is 0 Å². The first kappa shape index (κ1) is 14.0. The lowest BCUT2D eigenvalue weighted by molar-refractivity contribution is -0.162. The molecule has 1 fully saturated rings. The minimum absolute atomic E-state index is 0.0940. The van der Waals surface area contributed by atoms with Crippen molar-refractivity contribution in [2.24, 2.45) is 5.92 Å². The molecule has 1 amide bonds. The van der Waals surface area contributed by atoms with Crippen molar-refractivity contribution in [2.45, 2.75) is 32.8 Å². The Labute approximate surface area is 102 Å². The van der Waals surface area contributed by atoms with Gasteiger partial charge in [-0.15, -0.1) is 0 Å². The molecule has 0 aromatic rings. The lowest BCUT2D eigenvalue weighted by atomic mass is 10.0. The third kappa shape index (κ3) is 4.00. The van der Waals surface area contributed by atoms with E-state index in [0.29, 0.717) is 32.0 Å². The second-order valence-electron chi connectivity index (χ2n) is 4.44. The Balaban J connectivity index is 2.48. The summed E-state index contributed by atoms with van der Waals surface area (Å²) in [4.78, 5) is 25.0. The van der Waals surface area contributed by atoms with Crippen molar-refractivity contribution >= 4 is 11.9 Å². The van der Waals surface area contributed by atoms with Crippen molar-refractivity contribution in [2.75, 3.05) is 26.8 Å². The minimum atomic E-state index is -0.630. The van der Waals surface area contributed by atoms with Crippen molar-refractivity contribution < 1.29 is 19.1 Å². The fourth-order valence-electron chi connectivity index (χ4n) is 1.72. The van der Waals surface area contributed by atoms with Crippen LogP contribution in [-0.2, 0) is 19.1 Å². The molecule has 0 aromatic heterocycles. The summed E-state index contributed by atoms with van der Waals surface area (Å²) in [7, 11) is 1.33. The zero-order valence-corrected chi connectivity index (χ0v) is 10.8. The number of esters is 1. The number of morpholine rings is 1. The molecule has 0 spiro atoms. The van der Waals surface area contributed by atoms with Gasteiger partial charge in [-0.05, 0) is 5.92 Å². The van der Waals surface area contributed by atoms with Crippen LogP contribution in [0, 0.1) is 5.92 Å². The van der Waals surface area contributed by atoms with Crippen LogP contribution in [0.1, 0.15) is 26.7 Å². The number of rotatable bonds is 4. The van der Waals surface area contributed by atoms with Crippen LogP contribution < -0.4 is 0 Å². The fourth-order valence-corrected chi connectivity index (χ4v) is 1.72. The molecule has 17 heavy (non-hydrogen) atoms.